The lowest BCUT2D eigenvalue weighted by molar-refractivity contribution is -0.144. The first-order valence-electron chi connectivity index (χ1n) is 7.99. The Morgan fingerprint density at radius 3 is 2.52 bits per heavy atom. The molecule has 6 nitrogen and oxygen atoms in total. The summed E-state index contributed by atoms with van der Waals surface area (Å²) >= 11 is 6.03. The van der Waals surface area contributed by atoms with Crippen LogP contribution in [0.5, 0.6) is 5.75 Å². The summed E-state index contributed by atoms with van der Waals surface area (Å²) in [5, 5.41) is 21.3. The van der Waals surface area contributed by atoms with Crippen LogP contribution in [0.4, 0.5) is 5.69 Å². The zero-order chi connectivity index (χ0) is 20.0. The van der Waals surface area contributed by atoms with E-state index < -0.39 is 18.0 Å². The standard InChI is InChI=1S/C20H17ClN2O4/c1-12-17(21)4-3-5-18(12)23-19(24)15(11-22)10-14-6-8-16(9-7-14)27-13(2)20(25)26/h3-10,13H,1-2H3,(H,23,24)(H,25,26)/b15-10-/t13-/m1/s1. The van der Waals surface area contributed by atoms with E-state index >= 15 is 0 Å². The van der Waals surface area contributed by atoms with Crippen LogP contribution >= 0.6 is 11.6 Å². The predicted octanol–water partition coefficient (Wildman–Crippen LogP) is 4.05. The Balaban J connectivity index is 2.15. The molecule has 2 N–H and O–H groups in total. The number of nitriles is 1. The Morgan fingerprint density at radius 1 is 1.26 bits per heavy atom. The van der Waals surface area contributed by atoms with Crippen LogP contribution in [-0.4, -0.2) is 23.1 Å². The maximum atomic E-state index is 12.4. The number of hydrogen-bond donors (Lipinski definition) is 2. The molecule has 0 radical (unpaired) electrons. The Kier molecular flexibility index (Phi) is 6.58. The van der Waals surface area contributed by atoms with E-state index in [1.807, 2.05) is 6.07 Å². The summed E-state index contributed by atoms with van der Waals surface area (Å²) in [5.41, 5.74) is 1.75. The highest BCUT2D eigenvalue weighted by molar-refractivity contribution is 6.31. The minimum absolute atomic E-state index is 0.0815. The second kappa shape index (κ2) is 8.88. The van der Waals surface area contributed by atoms with Gasteiger partial charge in [-0.15, -0.1) is 0 Å². The monoisotopic (exact) mass is 384 g/mol. The number of benzene rings is 2. The molecular weight excluding hydrogens is 368 g/mol. The molecule has 1 amide bonds. The molecule has 2 aromatic rings. The van der Waals surface area contributed by atoms with Crippen molar-refractivity contribution in [3.63, 3.8) is 0 Å². The lowest BCUT2D eigenvalue weighted by Gasteiger charge is -2.10. The van der Waals surface area contributed by atoms with E-state index in [4.69, 9.17) is 21.4 Å². The van der Waals surface area contributed by atoms with E-state index in [1.165, 1.54) is 13.0 Å². The number of halogens is 1. The van der Waals surface area contributed by atoms with Crippen LogP contribution in [0.15, 0.2) is 48.0 Å². The average molecular weight is 385 g/mol. The number of carboxylic acids is 1. The van der Waals surface area contributed by atoms with Gasteiger partial charge in [-0.2, -0.15) is 5.26 Å². The van der Waals surface area contributed by atoms with Gasteiger partial charge in [0.15, 0.2) is 6.10 Å². The fraction of sp³-hybridized carbons (Fsp3) is 0.150. The number of nitrogens with one attached hydrogen (secondary N) is 1. The van der Waals surface area contributed by atoms with Crippen molar-refractivity contribution < 1.29 is 19.4 Å². The number of anilines is 1. The first-order valence-corrected chi connectivity index (χ1v) is 8.37. The summed E-state index contributed by atoms with van der Waals surface area (Å²) < 4.78 is 5.24. The molecule has 0 aliphatic carbocycles. The van der Waals surface area contributed by atoms with Gasteiger partial charge in [0, 0.05) is 10.7 Å². The Bertz CT molecular complexity index is 930. The normalized spacial score (nSPS) is 12.0. The topological polar surface area (TPSA) is 99.4 Å². The fourth-order valence-corrected chi connectivity index (χ4v) is 2.32. The van der Waals surface area contributed by atoms with E-state index in [0.717, 1.165) is 0 Å². The summed E-state index contributed by atoms with van der Waals surface area (Å²) in [6, 6.07) is 13.4. The van der Waals surface area contributed by atoms with Gasteiger partial charge >= 0.3 is 5.97 Å². The van der Waals surface area contributed by atoms with Crippen LogP contribution in [0.1, 0.15) is 18.1 Å². The van der Waals surface area contributed by atoms with E-state index in [0.29, 0.717) is 27.6 Å². The van der Waals surface area contributed by atoms with Gasteiger partial charge in [0.2, 0.25) is 0 Å². The van der Waals surface area contributed by atoms with Gasteiger partial charge in [0.1, 0.15) is 17.4 Å². The second-order valence-electron chi connectivity index (χ2n) is 5.70. The van der Waals surface area contributed by atoms with Gasteiger partial charge in [-0.05, 0) is 55.3 Å². The summed E-state index contributed by atoms with van der Waals surface area (Å²) in [6.45, 7) is 3.19. The van der Waals surface area contributed by atoms with Crippen LogP contribution in [-0.2, 0) is 9.59 Å². The number of hydrogen-bond acceptors (Lipinski definition) is 4. The summed E-state index contributed by atoms with van der Waals surface area (Å²) in [7, 11) is 0. The van der Waals surface area contributed by atoms with Crippen LogP contribution in [0.2, 0.25) is 5.02 Å². The van der Waals surface area contributed by atoms with E-state index in [9.17, 15) is 14.9 Å². The molecule has 0 spiro atoms. The van der Waals surface area contributed by atoms with E-state index in [2.05, 4.69) is 5.32 Å². The van der Waals surface area contributed by atoms with Crippen molar-refractivity contribution in [1.82, 2.24) is 0 Å². The Labute approximate surface area is 161 Å². The van der Waals surface area contributed by atoms with E-state index in [-0.39, 0.29) is 5.57 Å². The molecule has 0 unspecified atom stereocenters. The number of aliphatic carboxylic acids is 1. The smallest absolute Gasteiger partial charge is 0.344 e. The largest absolute Gasteiger partial charge is 0.479 e. The first-order chi connectivity index (χ1) is 12.8. The van der Waals surface area contributed by atoms with Crippen molar-refractivity contribution in [2.45, 2.75) is 20.0 Å². The highest BCUT2D eigenvalue weighted by Gasteiger charge is 2.13. The fourth-order valence-electron chi connectivity index (χ4n) is 2.14. The molecule has 0 bridgehead atoms. The van der Waals surface area contributed by atoms with Gasteiger partial charge in [-0.25, -0.2) is 4.79 Å². The van der Waals surface area contributed by atoms with Gasteiger partial charge in [0.25, 0.3) is 5.91 Å². The third-order valence-corrected chi connectivity index (χ3v) is 4.14. The minimum Gasteiger partial charge on any atom is -0.479 e. The number of rotatable bonds is 6. The van der Waals surface area contributed by atoms with Crippen LogP contribution in [0, 0.1) is 18.3 Å². The highest BCUT2D eigenvalue weighted by Crippen LogP contribution is 2.23. The maximum Gasteiger partial charge on any atom is 0.344 e. The van der Waals surface area contributed by atoms with Crippen LogP contribution in [0.25, 0.3) is 6.08 Å². The van der Waals surface area contributed by atoms with Crippen molar-refractivity contribution in [3.8, 4) is 11.8 Å². The molecule has 0 aromatic heterocycles. The maximum absolute atomic E-state index is 12.4. The molecule has 0 saturated heterocycles. The van der Waals surface area contributed by atoms with E-state index in [1.54, 1.807) is 49.4 Å². The molecular formula is C20H17ClN2O4. The zero-order valence-corrected chi connectivity index (χ0v) is 15.4. The number of ether oxygens (including phenoxy) is 1. The summed E-state index contributed by atoms with van der Waals surface area (Å²) in [4.78, 5) is 23.2. The molecule has 138 valence electrons. The van der Waals surface area contributed by atoms with Crippen molar-refractivity contribution in [1.29, 1.82) is 5.26 Å². The van der Waals surface area contributed by atoms with Gasteiger partial charge in [-0.1, -0.05) is 29.8 Å². The highest BCUT2D eigenvalue weighted by atomic mass is 35.5. The number of carbonyl (C=O) groups is 2. The molecule has 0 aliphatic rings. The SMILES string of the molecule is Cc1c(Cl)cccc1NC(=O)/C(C#N)=C\c1ccc(O[C@H](C)C(=O)O)cc1. The second-order valence-corrected chi connectivity index (χ2v) is 6.11. The molecule has 1 atom stereocenters. The van der Waals surface area contributed by atoms with Crippen molar-refractivity contribution in [2.75, 3.05) is 5.32 Å². The predicted molar refractivity (Wildman–Crippen MR) is 103 cm³/mol. The van der Waals surface area contributed by atoms with Crippen LogP contribution < -0.4 is 10.1 Å². The molecule has 0 heterocycles. The average Bonchev–Trinajstić information content (AvgIpc) is 2.64. The number of nitrogens with zero attached hydrogens (tertiary/aromatic N) is 1. The molecule has 27 heavy (non-hydrogen) atoms. The van der Waals surface area contributed by atoms with Crippen molar-refractivity contribution in [3.05, 3.63) is 64.2 Å². The zero-order valence-electron chi connectivity index (χ0n) is 14.7. The first kappa shape index (κ1) is 20.0. The Hall–Kier alpha value is -3.30. The molecule has 7 heteroatoms. The molecule has 0 saturated carbocycles. The van der Waals surface area contributed by atoms with Gasteiger partial charge < -0.3 is 15.2 Å². The number of amides is 1. The molecule has 2 aromatic carbocycles. The molecule has 0 fully saturated rings. The third kappa shape index (κ3) is 5.33. The summed E-state index contributed by atoms with van der Waals surface area (Å²) in [6.07, 6.45) is 0.451. The quantitative estimate of drug-likeness (QED) is 0.578. The molecule has 0 aliphatic heterocycles. The third-order valence-electron chi connectivity index (χ3n) is 3.73. The number of carboxylic acid groups (broad SMARTS) is 1. The number of carbonyl (C=O) groups excluding carboxylic acids is 1. The Morgan fingerprint density at radius 2 is 1.93 bits per heavy atom. The summed E-state index contributed by atoms with van der Waals surface area (Å²) in [5.74, 6) is -1.25. The van der Waals surface area contributed by atoms with Crippen molar-refractivity contribution >= 4 is 35.2 Å². The van der Waals surface area contributed by atoms with Gasteiger partial charge in [0.05, 0.1) is 0 Å². The van der Waals surface area contributed by atoms with Crippen molar-refractivity contribution in [2.24, 2.45) is 0 Å². The molecule has 2 rings (SSSR count). The lowest BCUT2D eigenvalue weighted by Crippen LogP contribution is -2.22. The van der Waals surface area contributed by atoms with Gasteiger partial charge in [-0.3, -0.25) is 4.79 Å². The lowest BCUT2D eigenvalue weighted by atomic mass is 10.1. The minimum atomic E-state index is -1.07. The van der Waals surface area contributed by atoms with Crippen LogP contribution in [0.3, 0.4) is 0 Å².